The molecule has 0 unspecified atom stereocenters. The number of H-pyrrole nitrogens is 1. The highest BCUT2D eigenvalue weighted by Crippen LogP contribution is 2.32. The number of benzene rings is 3. The van der Waals surface area contributed by atoms with Crippen molar-refractivity contribution in [1.29, 1.82) is 0 Å². The number of aromatic amines is 1. The number of fused-ring (bicyclic) bond motifs is 2. The van der Waals surface area contributed by atoms with Crippen LogP contribution in [0.5, 0.6) is 11.5 Å². The maximum Gasteiger partial charge on any atom is 0.279 e. The molecule has 0 spiro atoms. The number of rotatable bonds is 7. The van der Waals surface area contributed by atoms with Crippen molar-refractivity contribution >= 4 is 27.7 Å². The Hall–Kier alpha value is -4.66. The number of aromatic nitrogens is 4. The number of hydrogen-bond acceptors (Lipinski definition) is 6. The third-order valence-corrected chi connectivity index (χ3v) is 5.78. The smallest absolute Gasteiger partial charge is 0.279 e. The second-order valence-electron chi connectivity index (χ2n) is 7.92. The van der Waals surface area contributed by atoms with Crippen LogP contribution in [-0.2, 0) is 11.3 Å². The van der Waals surface area contributed by atoms with E-state index in [0.717, 1.165) is 21.3 Å². The highest BCUT2D eigenvalue weighted by Gasteiger charge is 2.22. The molecule has 0 saturated heterocycles. The molecule has 0 aliphatic heterocycles. The molecule has 0 saturated carbocycles. The lowest BCUT2D eigenvalue weighted by Gasteiger charge is -2.18. The van der Waals surface area contributed by atoms with Gasteiger partial charge in [0.15, 0.2) is 11.5 Å². The van der Waals surface area contributed by atoms with Gasteiger partial charge in [-0.15, -0.1) is 0 Å². The summed E-state index contributed by atoms with van der Waals surface area (Å²) in [6.45, 7) is -0.279. The van der Waals surface area contributed by atoms with E-state index in [1.165, 1.54) is 20.4 Å². The van der Waals surface area contributed by atoms with Gasteiger partial charge in [-0.05, 0) is 29.8 Å². The minimum absolute atomic E-state index is 0.279. The van der Waals surface area contributed by atoms with E-state index < -0.39 is 17.5 Å². The Kier molecular flexibility index (Phi) is 5.88. The molecule has 9 heteroatoms. The summed E-state index contributed by atoms with van der Waals surface area (Å²) in [5.74, 6) is 0.926. The molecule has 35 heavy (non-hydrogen) atoms. The first-order chi connectivity index (χ1) is 17.1. The molecule has 2 aromatic heterocycles. The summed E-state index contributed by atoms with van der Waals surface area (Å²) in [6.07, 6.45) is 1.53. The molecule has 176 valence electrons. The van der Waals surface area contributed by atoms with Gasteiger partial charge in [-0.1, -0.05) is 42.5 Å². The normalized spacial score (nSPS) is 11.9. The average Bonchev–Trinajstić information content (AvgIpc) is 3.32. The number of ether oxygens (including phenoxy) is 2. The highest BCUT2D eigenvalue weighted by molar-refractivity contribution is 5.89. The maximum atomic E-state index is 13.2. The summed E-state index contributed by atoms with van der Waals surface area (Å²) < 4.78 is 11.8. The number of methoxy groups -OCH3 is 2. The molecule has 5 rings (SSSR count). The van der Waals surface area contributed by atoms with Crippen LogP contribution in [0.2, 0.25) is 0 Å². The summed E-state index contributed by atoms with van der Waals surface area (Å²) in [7, 11) is 2.96. The fourth-order valence-electron chi connectivity index (χ4n) is 4.10. The van der Waals surface area contributed by atoms with Crippen molar-refractivity contribution < 1.29 is 14.3 Å². The van der Waals surface area contributed by atoms with E-state index in [1.54, 1.807) is 12.1 Å². The predicted octanol–water partition coefficient (Wildman–Crippen LogP) is 3.20. The summed E-state index contributed by atoms with van der Waals surface area (Å²) in [5, 5.41) is 8.07. The quantitative estimate of drug-likeness (QED) is 0.379. The van der Waals surface area contributed by atoms with E-state index in [-0.39, 0.29) is 6.54 Å². The van der Waals surface area contributed by atoms with Crippen molar-refractivity contribution in [3.05, 3.63) is 94.7 Å². The lowest BCUT2D eigenvalue weighted by Crippen LogP contribution is -2.36. The van der Waals surface area contributed by atoms with Crippen LogP contribution in [0.25, 0.3) is 21.8 Å². The number of para-hydroxylation sites is 2. The Morgan fingerprint density at radius 1 is 1.03 bits per heavy atom. The lowest BCUT2D eigenvalue weighted by molar-refractivity contribution is -0.122. The zero-order chi connectivity index (χ0) is 24.4. The van der Waals surface area contributed by atoms with Crippen molar-refractivity contribution in [3.63, 3.8) is 0 Å². The Bertz CT molecular complexity index is 1540. The topological polar surface area (TPSA) is 111 Å². The molecule has 0 aliphatic rings. The molecule has 3 aromatic carbocycles. The minimum atomic E-state index is -0.540. The zero-order valence-corrected chi connectivity index (χ0v) is 19.2. The number of hydrogen-bond donors (Lipinski definition) is 2. The van der Waals surface area contributed by atoms with E-state index >= 15 is 0 Å². The van der Waals surface area contributed by atoms with E-state index in [0.29, 0.717) is 28.1 Å². The summed E-state index contributed by atoms with van der Waals surface area (Å²) in [6, 6.07) is 20.1. The number of nitrogens with one attached hydrogen (secondary N) is 2. The number of amides is 1. The van der Waals surface area contributed by atoms with Crippen molar-refractivity contribution in [2.45, 2.75) is 12.6 Å². The molecule has 0 fully saturated rings. The van der Waals surface area contributed by atoms with E-state index in [2.05, 4.69) is 20.4 Å². The van der Waals surface area contributed by atoms with E-state index in [9.17, 15) is 9.59 Å². The summed E-state index contributed by atoms with van der Waals surface area (Å²) >= 11 is 0. The molecule has 0 bridgehead atoms. The van der Waals surface area contributed by atoms with Crippen molar-refractivity contribution in [1.82, 2.24) is 25.1 Å². The Labute approximate surface area is 200 Å². The van der Waals surface area contributed by atoms with Crippen LogP contribution < -0.4 is 20.3 Å². The van der Waals surface area contributed by atoms with E-state index in [1.807, 2.05) is 54.6 Å². The molecule has 0 aliphatic carbocycles. The molecular formula is C26H23N5O4. The number of nitrogens with zero attached hydrogens (tertiary/aromatic N) is 3. The Morgan fingerprint density at radius 2 is 1.80 bits per heavy atom. The lowest BCUT2D eigenvalue weighted by atomic mass is 10.1. The largest absolute Gasteiger partial charge is 0.493 e. The van der Waals surface area contributed by atoms with Crippen molar-refractivity contribution in [2.75, 3.05) is 14.2 Å². The molecule has 1 atom stereocenters. The van der Waals surface area contributed by atoms with Gasteiger partial charge < -0.3 is 19.8 Å². The minimum Gasteiger partial charge on any atom is -0.493 e. The van der Waals surface area contributed by atoms with Gasteiger partial charge >= 0.3 is 0 Å². The first-order valence-electron chi connectivity index (χ1n) is 11.0. The third kappa shape index (κ3) is 4.19. The van der Waals surface area contributed by atoms with Crippen molar-refractivity contribution in [3.8, 4) is 11.5 Å². The van der Waals surface area contributed by atoms with Gasteiger partial charge in [-0.25, -0.2) is 9.67 Å². The summed E-state index contributed by atoms with van der Waals surface area (Å²) in [5.41, 5.74) is 2.07. The fourth-order valence-corrected chi connectivity index (χ4v) is 4.10. The van der Waals surface area contributed by atoms with Crippen LogP contribution in [-0.4, -0.2) is 39.9 Å². The second kappa shape index (κ2) is 9.30. The number of carbonyl (C=O) groups excluding carboxylic acids is 1. The maximum absolute atomic E-state index is 13.2. The molecule has 2 N–H and O–H groups in total. The molecule has 9 nitrogen and oxygen atoms in total. The van der Waals surface area contributed by atoms with Gasteiger partial charge in [0.05, 0.1) is 36.8 Å². The first-order valence-corrected chi connectivity index (χ1v) is 11.0. The van der Waals surface area contributed by atoms with E-state index in [4.69, 9.17) is 9.47 Å². The van der Waals surface area contributed by atoms with Crippen LogP contribution in [0.15, 0.2) is 77.7 Å². The van der Waals surface area contributed by atoms with Crippen LogP contribution in [0.1, 0.15) is 17.4 Å². The van der Waals surface area contributed by atoms with Crippen LogP contribution in [0.4, 0.5) is 0 Å². The zero-order valence-electron chi connectivity index (χ0n) is 19.2. The number of imidazole rings is 1. The van der Waals surface area contributed by atoms with Crippen LogP contribution in [0.3, 0.4) is 0 Å². The van der Waals surface area contributed by atoms with Crippen molar-refractivity contribution in [2.24, 2.45) is 0 Å². The van der Waals surface area contributed by atoms with Gasteiger partial charge in [0, 0.05) is 5.39 Å². The van der Waals surface area contributed by atoms with Gasteiger partial charge in [-0.2, -0.15) is 5.10 Å². The average molecular weight is 470 g/mol. The Morgan fingerprint density at radius 3 is 2.54 bits per heavy atom. The fraction of sp³-hybridized carbons (Fsp3) is 0.154. The SMILES string of the molecule is COc1ccc2cnn(CC(=O)N[C@@H](c3ccccc3)c3nc4ccccc4[nH]3)c(=O)c2c1OC. The molecular weight excluding hydrogens is 446 g/mol. The van der Waals surface area contributed by atoms with Gasteiger partial charge in [-0.3, -0.25) is 9.59 Å². The monoisotopic (exact) mass is 469 g/mol. The highest BCUT2D eigenvalue weighted by atomic mass is 16.5. The van der Waals surface area contributed by atoms with Gasteiger partial charge in [0.25, 0.3) is 5.56 Å². The van der Waals surface area contributed by atoms with Crippen LogP contribution >= 0.6 is 0 Å². The van der Waals surface area contributed by atoms with Gasteiger partial charge in [0.2, 0.25) is 5.91 Å². The van der Waals surface area contributed by atoms with Crippen LogP contribution in [0, 0.1) is 0 Å². The predicted molar refractivity (Wildman–Crippen MR) is 132 cm³/mol. The Balaban J connectivity index is 1.48. The molecule has 2 heterocycles. The molecule has 5 aromatic rings. The molecule has 0 radical (unpaired) electrons. The second-order valence-corrected chi connectivity index (χ2v) is 7.92. The first kappa shape index (κ1) is 22.1. The number of carbonyl (C=O) groups is 1. The third-order valence-electron chi connectivity index (χ3n) is 5.78. The standard InChI is InChI=1S/C26H23N5O4/c1-34-20-13-12-17-14-27-31(26(33)22(17)24(20)35-2)15-21(32)30-23(16-8-4-3-5-9-16)25-28-18-10-6-7-11-19(18)29-25/h3-14,23H,15H2,1-2H3,(H,28,29)(H,30,32)/t23-/m0/s1. The summed E-state index contributed by atoms with van der Waals surface area (Å²) in [4.78, 5) is 34.3. The van der Waals surface area contributed by atoms with Gasteiger partial charge in [0.1, 0.15) is 18.4 Å². The molecule has 1 amide bonds.